The molecule has 1 unspecified atom stereocenters. The molecule has 2 saturated heterocycles. The van der Waals surface area contributed by atoms with Crippen molar-refractivity contribution in [1.82, 2.24) is 10.2 Å². The predicted molar refractivity (Wildman–Crippen MR) is 130 cm³/mol. The molecule has 38 heavy (non-hydrogen) atoms. The Hall–Kier alpha value is -4.00. The third-order valence-corrected chi connectivity index (χ3v) is 6.49. The highest BCUT2D eigenvalue weighted by molar-refractivity contribution is 6.10. The highest BCUT2D eigenvalue weighted by Gasteiger charge is 2.49. The second kappa shape index (κ2) is 10.4. The van der Waals surface area contributed by atoms with Gasteiger partial charge in [-0.2, -0.15) is 13.2 Å². The summed E-state index contributed by atoms with van der Waals surface area (Å²) in [6.07, 6.45) is -4.63. The van der Waals surface area contributed by atoms with Crippen molar-refractivity contribution in [3.63, 3.8) is 0 Å². The Morgan fingerprint density at radius 3 is 2.39 bits per heavy atom. The van der Waals surface area contributed by atoms with Crippen molar-refractivity contribution in [2.45, 2.75) is 18.6 Å². The molecule has 4 rings (SSSR count). The molecule has 0 aromatic heterocycles. The van der Waals surface area contributed by atoms with Crippen LogP contribution in [0.4, 0.5) is 29.3 Å². The van der Waals surface area contributed by atoms with Crippen LogP contribution in [0.2, 0.25) is 0 Å². The first-order chi connectivity index (χ1) is 18.0. The quantitative estimate of drug-likeness (QED) is 0.524. The zero-order valence-electron chi connectivity index (χ0n) is 21.0. The number of hydrogen-bond donors (Lipinski definition) is 2. The number of carbonyl (C=O) groups is 3. The lowest BCUT2D eigenvalue weighted by atomic mass is 9.91. The van der Waals surface area contributed by atoms with Crippen molar-refractivity contribution in [3.8, 4) is 11.5 Å². The van der Waals surface area contributed by atoms with Crippen LogP contribution in [-0.4, -0.2) is 69.8 Å². The number of urea groups is 1. The smallest absolute Gasteiger partial charge is 0.416 e. The second-order valence-electron chi connectivity index (χ2n) is 8.89. The third kappa shape index (κ3) is 5.19. The minimum absolute atomic E-state index is 0.0820. The molecular formula is C25H27F3N4O6. The number of morpholine rings is 1. The second-order valence-corrected chi connectivity index (χ2v) is 8.89. The van der Waals surface area contributed by atoms with Gasteiger partial charge in [0.1, 0.15) is 12.1 Å². The summed E-state index contributed by atoms with van der Waals surface area (Å²) in [7, 11) is 2.88. The first kappa shape index (κ1) is 27.0. The monoisotopic (exact) mass is 536 g/mol. The molecule has 2 N–H and O–H groups in total. The summed E-state index contributed by atoms with van der Waals surface area (Å²) < 4.78 is 56.0. The third-order valence-electron chi connectivity index (χ3n) is 6.49. The number of imide groups is 1. The normalized spacial score (nSPS) is 19.8. The molecule has 2 aromatic rings. The molecular weight excluding hydrogens is 509 g/mol. The van der Waals surface area contributed by atoms with Crippen LogP contribution in [-0.2, 0) is 26.0 Å². The fraction of sp³-hybridized carbons (Fsp3) is 0.400. The van der Waals surface area contributed by atoms with E-state index < -0.39 is 41.7 Å². The summed E-state index contributed by atoms with van der Waals surface area (Å²) in [5, 5.41) is 5.04. The Morgan fingerprint density at radius 2 is 1.76 bits per heavy atom. The number of methoxy groups -OCH3 is 2. The van der Waals surface area contributed by atoms with E-state index >= 15 is 0 Å². The number of benzene rings is 2. The number of nitrogens with zero attached hydrogens (tertiary/aromatic N) is 2. The first-order valence-corrected chi connectivity index (χ1v) is 11.7. The van der Waals surface area contributed by atoms with Gasteiger partial charge in [-0.3, -0.25) is 14.5 Å². The molecule has 4 amide bonds. The van der Waals surface area contributed by atoms with Crippen LogP contribution in [0.5, 0.6) is 11.5 Å². The van der Waals surface area contributed by atoms with Gasteiger partial charge in [0, 0.05) is 13.1 Å². The maximum Gasteiger partial charge on any atom is 0.416 e. The number of hydrogen-bond acceptors (Lipinski definition) is 7. The van der Waals surface area contributed by atoms with E-state index in [9.17, 15) is 27.6 Å². The molecule has 0 spiro atoms. The Bertz CT molecular complexity index is 1250. The van der Waals surface area contributed by atoms with Crippen LogP contribution < -0.4 is 25.0 Å². The first-order valence-electron chi connectivity index (χ1n) is 11.7. The molecule has 204 valence electrons. The van der Waals surface area contributed by atoms with Gasteiger partial charge < -0.3 is 29.7 Å². The van der Waals surface area contributed by atoms with Gasteiger partial charge >= 0.3 is 12.2 Å². The summed E-state index contributed by atoms with van der Waals surface area (Å²) in [6, 6.07) is 6.94. The number of ether oxygens (including phenoxy) is 3. The van der Waals surface area contributed by atoms with Crippen LogP contribution in [0.25, 0.3) is 0 Å². The molecule has 2 aliphatic heterocycles. The molecule has 2 aliphatic rings. The van der Waals surface area contributed by atoms with Gasteiger partial charge in [0.15, 0.2) is 11.5 Å². The highest BCUT2D eigenvalue weighted by Crippen LogP contribution is 2.37. The van der Waals surface area contributed by atoms with E-state index in [4.69, 9.17) is 14.2 Å². The highest BCUT2D eigenvalue weighted by atomic mass is 19.4. The Morgan fingerprint density at radius 1 is 1.08 bits per heavy atom. The topological polar surface area (TPSA) is 109 Å². The van der Waals surface area contributed by atoms with Crippen molar-refractivity contribution >= 4 is 29.2 Å². The van der Waals surface area contributed by atoms with Crippen LogP contribution in [0.3, 0.4) is 0 Å². The molecule has 1 atom stereocenters. The summed E-state index contributed by atoms with van der Waals surface area (Å²) in [6.45, 7) is 2.38. The summed E-state index contributed by atoms with van der Waals surface area (Å²) in [4.78, 5) is 41.5. The number of amides is 4. The Kier molecular flexibility index (Phi) is 7.40. The molecule has 2 fully saturated rings. The van der Waals surface area contributed by atoms with Gasteiger partial charge in [-0.05, 0) is 42.8 Å². The molecule has 0 bridgehead atoms. The maximum absolute atomic E-state index is 13.4. The summed E-state index contributed by atoms with van der Waals surface area (Å²) in [5.74, 6) is -0.782. The van der Waals surface area contributed by atoms with Crippen LogP contribution >= 0.6 is 0 Å². The zero-order valence-corrected chi connectivity index (χ0v) is 21.0. The van der Waals surface area contributed by atoms with E-state index in [2.05, 4.69) is 10.6 Å². The van der Waals surface area contributed by atoms with Crippen LogP contribution in [0, 0.1) is 0 Å². The van der Waals surface area contributed by atoms with Crippen molar-refractivity contribution in [2.75, 3.05) is 57.3 Å². The average Bonchev–Trinajstić information content (AvgIpc) is 3.11. The molecule has 10 nitrogen and oxygen atoms in total. The minimum atomic E-state index is -4.63. The lowest BCUT2D eigenvalue weighted by Crippen LogP contribution is -2.42. The van der Waals surface area contributed by atoms with Gasteiger partial charge in [-0.15, -0.1) is 0 Å². The Balaban J connectivity index is 1.56. The zero-order chi connectivity index (χ0) is 27.7. The molecule has 2 heterocycles. The van der Waals surface area contributed by atoms with Crippen molar-refractivity contribution in [1.29, 1.82) is 0 Å². The van der Waals surface area contributed by atoms with E-state index in [-0.39, 0.29) is 5.69 Å². The minimum Gasteiger partial charge on any atom is -0.493 e. The standard InChI is InChI=1S/C25H27F3N4O6/c1-24(15-5-7-19(36-2)20(13-15)37-3)22(34)32(23(35)30-24)14-21(33)29-17-12-16(25(26,27)28)4-6-18(17)31-8-10-38-11-9-31/h4-7,12-13H,8-11,14H2,1-3H3,(H,29,33)(H,30,35). The average molecular weight is 537 g/mol. The van der Waals surface area contributed by atoms with Gasteiger partial charge in [0.25, 0.3) is 5.91 Å². The number of anilines is 2. The number of nitrogens with one attached hydrogen (secondary N) is 2. The molecule has 0 saturated carbocycles. The number of alkyl halides is 3. The number of halogens is 3. The predicted octanol–water partition coefficient (Wildman–Crippen LogP) is 2.96. The fourth-order valence-corrected chi connectivity index (χ4v) is 4.41. The van der Waals surface area contributed by atoms with Crippen LogP contribution in [0.15, 0.2) is 36.4 Å². The molecule has 0 radical (unpaired) electrons. The van der Waals surface area contributed by atoms with Gasteiger partial charge in [-0.1, -0.05) is 6.07 Å². The number of rotatable bonds is 7. The lowest BCUT2D eigenvalue weighted by molar-refractivity contribution is -0.137. The molecule has 13 heteroatoms. The SMILES string of the molecule is COc1ccc(C2(C)NC(=O)N(CC(=O)Nc3cc(C(F)(F)F)ccc3N3CCOCC3)C2=O)cc1OC. The fourth-order valence-electron chi connectivity index (χ4n) is 4.41. The number of carbonyl (C=O) groups excluding carboxylic acids is 3. The van der Waals surface area contributed by atoms with Crippen molar-refractivity contribution in [3.05, 3.63) is 47.5 Å². The van der Waals surface area contributed by atoms with Gasteiger partial charge in [-0.25, -0.2) is 4.79 Å². The van der Waals surface area contributed by atoms with Crippen molar-refractivity contribution in [2.24, 2.45) is 0 Å². The molecule has 0 aliphatic carbocycles. The van der Waals surface area contributed by atoms with Crippen LogP contribution in [0.1, 0.15) is 18.1 Å². The molecule has 2 aromatic carbocycles. The van der Waals surface area contributed by atoms with E-state index in [0.29, 0.717) is 54.0 Å². The van der Waals surface area contributed by atoms with E-state index in [1.54, 1.807) is 17.0 Å². The van der Waals surface area contributed by atoms with Gasteiger partial charge in [0.2, 0.25) is 5.91 Å². The Labute approximate surface area is 216 Å². The maximum atomic E-state index is 13.4. The van der Waals surface area contributed by atoms with E-state index in [1.807, 2.05) is 0 Å². The lowest BCUT2D eigenvalue weighted by Gasteiger charge is -2.31. The van der Waals surface area contributed by atoms with E-state index in [1.165, 1.54) is 33.3 Å². The van der Waals surface area contributed by atoms with Crippen molar-refractivity contribution < 1.29 is 41.8 Å². The summed E-state index contributed by atoms with van der Waals surface area (Å²) >= 11 is 0. The van der Waals surface area contributed by atoms with E-state index in [0.717, 1.165) is 12.1 Å². The largest absolute Gasteiger partial charge is 0.493 e. The summed E-state index contributed by atoms with van der Waals surface area (Å²) in [5.41, 5.74) is -1.76. The van der Waals surface area contributed by atoms with Gasteiger partial charge in [0.05, 0.1) is 44.4 Å².